The third kappa shape index (κ3) is 3.90. The van der Waals surface area contributed by atoms with E-state index in [0.717, 1.165) is 27.6 Å². The summed E-state index contributed by atoms with van der Waals surface area (Å²) in [5, 5.41) is 11.1. The Morgan fingerprint density at radius 3 is 2.54 bits per heavy atom. The van der Waals surface area contributed by atoms with Crippen LogP contribution >= 0.6 is 11.6 Å². The van der Waals surface area contributed by atoms with Crippen molar-refractivity contribution in [2.75, 3.05) is 0 Å². The molecule has 0 aliphatic carbocycles. The highest BCUT2D eigenvalue weighted by Crippen LogP contribution is 2.43. The first kappa shape index (κ1) is 22.6. The van der Waals surface area contributed by atoms with Gasteiger partial charge in [-0.1, -0.05) is 47.5 Å². The van der Waals surface area contributed by atoms with Crippen LogP contribution in [-0.2, 0) is 0 Å². The summed E-state index contributed by atoms with van der Waals surface area (Å²) in [6, 6.07) is 18.7. The molecule has 6 nitrogen and oxygen atoms in total. The van der Waals surface area contributed by atoms with Gasteiger partial charge in [-0.3, -0.25) is 0 Å². The Labute approximate surface area is 207 Å². The van der Waals surface area contributed by atoms with Gasteiger partial charge < -0.3 is 19.6 Å². The van der Waals surface area contributed by atoms with Gasteiger partial charge in [0.1, 0.15) is 28.7 Å². The lowest BCUT2D eigenvalue weighted by Gasteiger charge is -2.26. The van der Waals surface area contributed by atoms with Gasteiger partial charge in [0.15, 0.2) is 0 Å². The van der Waals surface area contributed by atoms with E-state index in [1.807, 2.05) is 38.1 Å². The minimum atomic E-state index is -0.639. The fourth-order valence-corrected chi connectivity index (χ4v) is 4.45. The molecule has 1 aliphatic rings. The standard InChI is InChI=1S/C28H21ClN2O4/c1-14-4-6-17(7-5-14)25-19-9-8-18(11-24(19)35-27(31)21(25)13-30)33-28(32)26-16(3)20-12-22(29)15(2)10-23(20)34-26/h4-12,25H,31H2,1-3H3. The lowest BCUT2D eigenvalue weighted by atomic mass is 9.83. The van der Waals surface area contributed by atoms with Gasteiger partial charge in [0.05, 0.1) is 5.92 Å². The summed E-state index contributed by atoms with van der Waals surface area (Å²) < 4.78 is 17.1. The molecule has 5 rings (SSSR count). The smallest absolute Gasteiger partial charge is 0.379 e. The highest BCUT2D eigenvalue weighted by Gasteiger charge is 2.31. The average molecular weight is 485 g/mol. The van der Waals surface area contributed by atoms with Crippen LogP contribution in [0.2, 0.25) is 5.02 Å². The molecule has 0 bridgehead atoms. The van der Waals surface area contributed by atoms with Crippen LogP contribution < -0.4 is 15.2 Å². The molecule has 0 saturated heterocycles. The number of halogens is 1. The second-order valence-electron chi connectivity index (χ2n) is 8.58. The van der Waals surface area contributed by atoms with E-state index in [1.54, 1.807) is 37.3 Å². The molecule has 0 radical (unpaired) electrons. The van der Waals surface area contributed by atoms with Crippen LogP contribution in [0.15, 0.2) is 70.5 Å². The number of esters is 1. The number of carbonyl (C=O) groups excluding carboxylic acids is 1. The highest BCUT2D eigenvalue weighted by atomic mass is 35.5. The van der Waals surface area contributed by atoms with Gasteiger partial charge in [0, 0.05) is 27.6 Å². The number of carbonyl (C=O) groups is 1. The first-order valence-corrected chi connectivity index (χ1v) is 11.3. The molecule has 0 fully saturated rings. The summed E-state index contributed by atoms with van der Waals surface area (Å²) >= 11 is 6.24. The fourth-order valence-electron chi connectivity index (χ4n) is 4.29. The molecule has 4 aromatic rings. The number of rotatable bonds is 3. The summed E-state index contributed by atoms with van der Waals surface area (Å²) in [6.45, 7) is 5.65. The van der Waals surface area contributed by atoms with Gasteiger partial charge in [-0.25, -0.2) is 4.79 Å². The van der Waals surface area contributed by atoms with Crippen molar-refractivity contribution in [3.05, 3.63) is 105 Å². The maximum Gasteiger partial charge on any atom is 0.379 e. The second kappa shape index (κ2) is 8.53. The summed E-state index contributed by atoms with van der Waals surface area (Å²) in [7, 11) is 0. The van der Waals surface area contributed by atoms with E-state index in [4.69, 9.17) is 31.2 Å². The zero-order chi connectivity index (χ0) is 24.9. The molecular weight excluding hydrogens is 464 g/mol. The number of fused-ring (bicyclic) bond motifs is 2. The van der Waals surface area contributed by atoms with Gasteiger partial charge in [-0.2, -0.15) is 5.26 Å². The zero-order valence-electron chi connectivity index (χ0n) is 19.3. The molecular formula is C28H21ClN2O4. The number of hydrogen-bond acceptors (Lipinski definition) is 6. The second-order valence-corrected chi connectivity index (χ2v) is 8.99. The van der Waals surface area contributed by atoms with Crippen molar-refractivity contribution in [3.63, 3.8) is 0 Å². The van der Waals surface area contributed by atoms with Gasteiger partial charge in [0.2, 0.25) is 11.6 Å². The predicted octanol–water partition coefficient (Wildman–Crippen LogP) is 6.45. The first-order chi connectivity index (χ1) is 16.8. The Morgan fingerprint density at radius 2 is 1.83 bits per heavy atom. The molecule has 2 heterocycles. The van der Waals surface area contributed by atoms with Gasteiger partial charge in [0.25, 0.3) is 0 Å². The van der Waals surface area contributed by atoms with E-state index in [-0.39, 0.29) is 23.3 Å². The number of nitriles is 1. The lowest BCUT2D eigenvalue weighted by molar-refractivity contribution is 0.0702. The zero-order valence-corrected chi connectivity index (χ0v) is 20.1. The summed E-state index contributed by atoms with van der Waals surface area (Å²) in [5.74, 6) is -0.225. The fraction of sp³-hybridized carbons (Fsp3) is 0.143. The largest absolute Gasteiger partial charge is 0.449 e. The van der Waals surface area contributed by atoms with Crippen LogP contribution in [0.4, 0.5) is 0 Å². The number of nitrogens with zero attached hydrogens (tertiary/aromatic N) is 1. The normalized spacial score (nSPS) is 14.9. The maximum absolute atomic E-state index is 13.0. The van der Waals surface area contributed by atoms with Crippen molar-refractivity contribution < 1.29 is 18.7 Å². The van der Waals surface area contributed by atoms with Crippen LogP contribution in [0.25, 0.3) is 11.0 Å². The molecule has 1 aromatic heterocycles. The summed E-state index contributed by atoms with van der Waals surface area (Å²) in [6.07, 6.45) is 0. The number of benzene rings is 3. The maximum atomic E-state index is 13.0. The molecule has 1 unspecified atom stereocenters. The van der Waals surface area contributed by atoms with E-state index in [9.17, 15) is 10.1 Å². The number of hydrogen-bond donors (Lipinski definition) is 1. The van der Waals surface area contributed by atoms with Crippen molar-refractivity contribution in [1.29, 1.82) is 5.26 Å². The van der Waals surface area contributed by atoms with Crippen LogP contribution in [0.1, 0.15) is 44.3 Å². The Kier molecular flexibility index (Phi) is 5.50. The number of allylic oxidation sites excluding steroid dienone is 1. The number of nitrogens with two attached hydrogens (primary N) is 1. The summed E-state index contributed by atoms with van der Waals surface area (Å²) in [4.78, 5) is 13.0. The van der Waals surface area contributed by atoms with Crippen molar-refractivity contribution in [2.24, 2.45) is 5.73 Å². The number of aryl methyl sites for hydroxylation is 3. The van der Waals surface area contributed by atoms with Crippen LogP contribution in [0.5, 0.6) is 11.5 Å². The Hall–Kier alpha value is -4.21. The van der Waals surface area contributed by atoms with E-state index in [1.165, 1.54) is 0 Å². The molecule has 35 heavy (non-hydrogen) atoms. The average Bonchev–Trinajstić information content (AvgIpc) is 3.14. The molecule has 2 N–H and O–H groups in total. The van der Waals surface area contributed by atoms with Crippen molar-refractivity contribution in [3.8, 4) is 17.6 Å². The van der Waals surface area contributed by atoms with Gasteiger partial charge in [-0.05, 0) is 50.1 Å². The first-order valence-electron chi connectivity index (χ1n) is 11.0. The molecule has 1 atom stereocenters. The van der Waals surface area contributed by atoms with Crippen molar-refractivity contribution >= 4 is 28.5 Å². The van der Waals surface area contributed by atoms with Crippen molar-refractivity contribution in [2.45, 2.75) is 26.7 Å². The Bertz CT molecular complexity index is 1580. The van der Waals surface area contributed by atoms with Crippen LogP contribution in [-0.4, -0.2) is 5.97 Å². The quantitative estimate of drug-likeness (QED) is 0.265. The minimum Gasteiger partial charge on any atom is -0.449 e. The van der Waals surface area contributed by atoms with E-state index in [0.29, 0.717) is 27.5 Å². The van der Waals surface area contributed by atoms with E-state index >= 15 is 0 Å². The molecule has 0 saturated carbocycles. The lowest BCUT2D eigenvalue weighted by Crippen LogP contribution is -2.21. The van der Waals surface area contributed by atoms with E-state index < -0.39 is 5.97 Å². The summed E-state index contributed by atoms with van der Waals surface area (Å²) in [5.41, 5.74) is 11.3. The molecule has 0 amide bonds. The number of ether oxygens (including phenoxy) is 2. The SMILES string of the molecule is Cc1ccc(C2C(C#N)=C(N)Oc3cc(OC(=O)c4oc5cc(C)c(Cl)cc5c4C)ccc32)cc1. The van der Waals surface area contributed by atoms with Crippen LogP contribution in [0, 0.1) is 32.1 Å². The molecule has 0 spiro atoms. The van der Waals surface area contributed by atoms with Gasteiger partial charge >= 0.3 is 5.97 Å². The Morgan fingerprint density at radius 1 is 1.09 bits per heavy atom. The highest BCUT2D eigenvalue weighted by molar-refractivity contribution is 6.32. The number of furan rings is 1. The minimum absolute atomic E-state index is 0.0226. The molecule has 3 aromatic carbocycles. The Balaban J connectivity index is 1.49. The van der Waals surface area contributed by atoms with Crippen molar-refractivity contribution in [1.82, 2.24) is 0 Å². The third-order valence-corrected chi connectivity index (χ3v) is 6.62. The molecule has 1 aliphatic heterocycles. The molecule has 174 valence electrons. The van der Waals surface area contributed by atoms with Gasteiger partial charge in [-0.15, -0.1) is 0 Å². The van der Waals surface area contributed by atoms with E-state index in [2.05, 4.69) is 6.07 Å². The third-order valence-electron chi connectivity index (χ3n) is 6.21. The topological polar surface area (TPSA) is 98.5 Å². The predicted molar refractivity (Wildman–Crippen MR) is 133 cm³/mol. The molecule has 7 heteroatoms. The van der Waals surface area contributed by atoms with Crippen LogP contribution in [0.3, 0.4) is 0 Å². The monoisotopic (exact) mass is 484 g/mol.